The summed E-state index contributed by atoms with van der Waals surface area (Å²) in [5, 5.41) is 15.3. The zero-order chi connectivity index (χ0) is 17.1. The van der Waals surface area contributed by atoms with E-state index in [1.54, 1.807) is 11.3 Å². The van der Waals surface area contributed by atoms with E-state index in [4.69, 9.17) is 5.10 Å². The van der Waals surface area contributed by atoms with Gasteiger partial charge in [-0.3, -0.25) is 0 Å². The SMILES string of the molecule is c1ccc(CCc2nn3c(C45CC6CC(CC(C6)C4)C5)nnc3s2)cc1. The molecular formula is C21H24N4S. The molecule has 0 saturated heterocycles. The lowest BCUT2D eigenvalue weighted by atomic mass is 9.49. The molecule has 4 saturated carbocycles. The van der Waals surface area contributed by atoms with Gasteiger partial charge in [-0.05, 0) is 68.3 Å². The van der Waals surface area contributed by atoms with Crippen molar-refractivity contribution in [3.8, 4) is 0 Å². The molecule has 7 rings (SSSR count). The third-order valence-electron chi connectivity index (χ3n) is 7.02. The minimum absolute atomic E-state index is 0.263. The van der Waals surface area contributed by atoms with E-state index in [2.05, 4.69) is 45.0 Å². The molecule has 0 amide bonds. The second-order valence-corrected chi connectivity index (χ2v) is 9.94. The first-order valence-corrected chi connectivity index (χ1v) is 10.8. The molecule has 0 radical (unpaired) electrons. The van der Waals surface area contributed by atoms with E-state index in [1.165, 1.54) is 54.9 Å². The molecule has 0 unspecified atom stereocenters. The Morgan fingerprint density at radius 2 is 1.62 bits per heavy atom. The highest BCUT2D eigenvalue weighted by molar-refractivity contribution is 7.16. The number of hydrogen-bond acceptors (Lipinski definition) is 4. The van der Waals surface area contributed by atoms with Crippen molar-refractivity contribution in [1.29, 1.82) is 0 Å². The Morgan fingerprint density at radius 3 is 2.31 bits per heavy atom. The van der Waals surface area contributed by atoms with Crippen molar-refractivity contribution < 1.29 is 0 Å². The van der Waals surface area contributed by atoms with Crippen LogP contribution in [-0.4, -0.2) is 19.8 Å². The summed E-state index contributed by atoms with van der Waals surface area (Å²) in [4.78, 5) is 0.985. The lowest BCUT2D eigenvalue weighted by Crippen LogP contribution is -2.49. The number of nitrogens with zero attached hydrogens (tertiary/aromatic N) is 4. The maximum Gasteiger partial charge on any atom is 0.234 e. The van der Waals surface area contributed by atoms with E-state index >= 15 is 0 Å². The third kappa shape index (κ3) is 2.36. The summed E-state index contributed by atoms with van der Waals surface area (Å²) in [5.74, 6) is 3.94. The number of rotatable bonds is 4. The van der Waals surface area contributed by atoms with Crippen molar-refractivity contribution in [2.45, 2.75) is 56.8 Å². The first kappa shape index (κ1) is 15.3. The van der Waals surface area contributed by atoms with Gasteiger partial charge in [-0.25, -0.2) is 0 Å². The molecule has 2 aromatic heterocycles. The lowest BCUT2D eigenvalue weighted by molar-refractivity contribution is -0.0103. The molecule has 5 heteroatoms. The molecule has 4 aliphatic rings. The van der Waals surface area contributed by atoms with Crippen LogP contribution in [0.15, 0.2) is 30.3 Å². The summed E-state index contributed by atoms with van der Waals surface area (Å²) in [6.45, 7) is 0. The molecule has 134 valence electrons. The van der Waals surface area contributed by atoms with Crippen molar-refractivity contribution in [3.05, 3.63) is 46.7 Å². The largest absolute Gasteiger partial charge is 0.234 e. The van der Waals surface area contributed by atoms with Crippen LogP contribution in [0.2, 0.25) is 0 Å². The smallest absolute Gasteiger partial charge is 0.187 e. The molecule has 0 spiro atoms. The zero-order valence-corrected chi connectivity index (χ0v) is 15.8. The number of hydrogen-bond donors (Lipinski definition) is 0. The van der Waals surface area contributed by atoms with Crippen LogP contribution in [0.5, 0.6) is 0 Å². The Labute approximate surface area is 157 Å². The average molecular weight is 365 g/mol. The topological polar surface area (TPSA) is 43.1 Å². The Morgan fingerprint density at radius 1 is 0.923 bits per heavy atom. The normalized spacial score (nSPS) is 32.5. The predicted octanol–water partition coefficient (Wildman–Crippen LogP) is 4.44. The summed E-state index contributed by atoms with van der Waals surface area (Å²) in [6, 6.07) is 10.7. The van der Waals surface area contributed by atoms with E-state index in [0.29, 0.717) is 0 Å². The van der Waals surface area contributed by atoms with Gasteiger partial charge in [0.05, 0.1) is 0 Å². The van der Waals surface area contributed by atoms with E-state index in [9.17, 15) is 0 Å². The molecule has 0 aliphatic heterocycles. The van der Waals surface area contributed by atoms with E-state index in [-0.39, 0.29) is 5.41 Å². The van der Waals surface area contributed by atoms with Crippen LogP contribution in [0, 0.1) is 17.8 Å². The van der Waals surface area contributed by atoms with Gasteiger partial charge in [-0.1, -0.05) is 41.7 Å². The molecule has 4 bridgehead atoms. The molecule has 4 aliphatic carbocycles. The molecular weight excluding hydrogens is 340 g/mol. The maximum atomic E-state index is 4.96. The van der Waals surface area contributed by atoms with Gasteiger partial charge in [0.15, 0.2) is 5.82 Å². The zero-order valence-electron chi connectivity index (χ0n) is 15.0. The molecule has 0 atom stereocenters. The molecule has 0 N–H and O–H groups in total. The monoisotopic (exact) mass is 364 g/mol. The number of aromatic nitrogens is 4. The van der Waals surface area contributed by atoms with Crippen molar-refractivity contribution >= 4 is 16.3 Å². The van der Waals surface area contributed by atoms with Crippen molar-refractivity contribution in [2.75, 3.05) is 0 Å². The molecule has 4 nitrogen and oxygen atoms in total. The quantitative estimate of drug-likeness (QED) is 0.687. The number of benzene rings is 1. The fourth-order valence-electron chi connectivity index (χ4n) is 6.37. The van der Waals surface area contributed by atoms with Gasteiger partial charge in [0.25, 0.3) is 0 Å². The van der Waals surface area contributed by atoms with Crippen molar-refractivity contribution in [1.82, 2.24) is 19.8 Å². The minimum Gasteiger partial charge on any atom is -0.187 e. The van der Waals surface area contributed by atoms with Crippen LogP contribution in [0.3, 0.4) is 0 Å². The first-order valence-electron chi connectivity index (χ1n) is 10.0. The molecule has 4 fully saturated rings. The van der Waals surface area contributed by atoms with Crippen molar-refractivity contribution in [2.24, 2.45) is 17.8 Å². The number of fused-ring (bicyclic) bond motifs is 1. The molecule has 1 aromatic carbocycles. The highest BCUT2D eigenvalue weighted by atomic mass is 32.1. The van der Waals surface area contributed by atoms with Gasteiger partial charge in [0.1, 0.15) is 5.01 Å². The van der Waals surface area contributed by atoms with Crippen molar-refractivity contribution in [3.63, 3.8) is 0 Å². The van der Waals surface area contributed by atoms with E-state index in [1.807, 2.05) is 0 Å². The summed E-state index contributed by atoms with van der Waals surface area (Å²) in [7, 11) is 0. The Balaban J connectivity index is 1.31. The van der Waals surface area contributed by atoms with Gasteiger partial charge in [0.2, 0.25) is 4.96 Å². The van der Waals surface area contributed by atoms with Gasteiger partial charge in [-0.15, -0.1) is 10.2 Å². The molecule has 26 heavy (non-hydrogen) atoms. The summed E-state index contributed by atoms with van der Waals surface area (Å²) < 4.78 is 2.11. The first-order chi connectivity index (χ1) is 12.8. The summed E-state index contributed by atoms with van der Waals surface area (Å²) in [6.07, 6.45) is 10.3. The van der Waals surface area contributed by atoms with Gasteiger partial charge >= 0.3 is 0 Å². The van der Waals surface area contributed by atoms with E-state index in [0.717, 1.165) is 35.6 Å². The minimum atomic E-state index is 0.263. The highest BCUT2D eigenvalue weighted by Gasteiger charge is 2.54. The molecule has 3 aromatic rings. The highest BCUT2D eigenvalue weighted by Crippen LogP contribution is 2.60. The predicted molar refractivity (Wildman–Crippen MR) is 102 cm³/mol. The van der Waals surface area contributed by atoms with Gasteiger partial charge < -0.3 is 0 Å². The Hall–Kier alpha value is -1.75. The Bertz CT molecular complexity index is 906. The summed E-state index contributed by atoms with van der Waals surface area (Å²) >= 11 is 1.72. The maximum absolute atomic E-state index is 4.96. The fraction of sp³-hybridized carbons (Fsp3) is 0.571. The van der Waals surface area contributed by atoms with Crippen LogP contribution >= 0.6 is 11.3 Å². The van der Waals surface area contributed by atoms with Gasteiger partial charge in [0, 0.05) is 11.8 Å². The third-order valence-corrected chi connectivity index (χ3v) is 7.97. The molecule has 2 heterocycles. The lowest BCUT2D eigenvalue weighted by Gasteiger charge is -2.55. The standard InChI is InChI=1S/C21H24N4S/c1-2-4-14(5-3-1)6-7-18-24-25-19(22-23-20(25)26-18)21-11-15-8-16(12-21)10-17(9-15)13-21/h1-5,15-17H,6-13H2. The van der Waals surface area contributed by atoms with Crippen LogP contribution < -0.4 is 0 Å². The van der Waals surface area contributed by atoms with Crippen LogP contribution in [0.1, 0.15) is 54.9 Å². The van der Waals surface area contributed by atoms with E-state index < -0.39 is 0 Å². The van der Waals surface area contributed by atoms with Crippen LogP contribution in [0.4, 0.5) is 0 Å². The second kappa shape index (κ2) is 5.62. The number of aryl methyl sites for hydroxylation is 2. The van der Waals surface area contributed by atoms with Crippen LogP contribution in [0.25, 0.3) is 4.96 Å². The average Bonchev–Trinajstić information content (AvgIpc) is 3.20. The van der Waals surface area contributed by atoms with Crippen LogP contribution in [-0.2, 0) is 18.3 Å². The Kier molecular flexibility index (Phi) is 3.31. The second-order valence-electron chi connectivity index (χ2n) is 8.90. The summed E-state index contributed by atoms with van der Waals surface area (Å²) in [5.41, 5.74) is 1.64. The van der Waals surface area contributed by atoms with Gasteiger partial charge in [-0.2, -0.15) is 9.61 Å². The fourth-order valence-corrected chi connectivity index (χ4v) is 7.20.